The van der Waals surface area contributed by atoms with Crippen LogP contribution in [0, 0.1) is 0 Å². The van der Waals surface area contributed by atoms with E-state index in [0.717, 1.165) is 34.0 Å². The maximum absolute atomic E-state index is 12.6. The number of fused-ring (bicyclic) bond motifs is 1. The van der Waals surface area contributed by atoms with Gasteiger partial charge in [-0.3, -0.25) is 9.59 Å². The Morgan fingerprint density at radius 1 is 1.07 bits per heavy atom. The topological polar surface area (TPSA) is 95.6 Å². The molecule has 0 radical (unpaired) electrons. The van der Waals surface area contributed by atoms with Crippen LogP contribution in [0.4, 0.5) is 5.00 Å². The third-order valence-electron chi connectivity index (χ3n) is 4.50. The highest BCUT2D eigenvalue weighted by Crippen LogP contribution is 2.39. The number of carbonyl (C=O) groups excluding carboxylic acids is 2. The average Bonchev–Trinajstić information content (AvgIpc) is 3.21. The Kier molecular flexibility index (Phi) is 5.36. The number of nitrogens with one attached hydrogen (secondary N) is 2. The van der Waals surface area contributed by atoms with E-state index in [2.05, 4.69) is 10.6 Å². The van der Waals surface area contributed by atoms with Crippen LogP contribution >= 0.6 is 11.3 Å². The highest BCUT2D eigenvalue weighted by molar-refractivity contribution is 7.89. The average molecular weight is 408 g/mol. The van der Waals surface area contributed by atoms with Gasteiger partial charge >= 0.3 is 0 Å². The molecule has 0 aliphatic heterocycles. The quantitative estimate of drug-likeness (QED) is 0.793. The van der Waals surface area contributed by atoms with Gasteiger partial charge in [0.15, 0.2) is 0 Å². The fourth-order valence-electron chi connectivity index (χ4n) is 3.02. The van der Waals surface area contributed by atoms with Gasteiger partial charge in [0.05, 0.1) is 10.5 Å². The predicted octanol–water partition coefficient (Wildman–Crippen LogP) is 2.10. The normalized spacial score (nSPS) is 13.5. The molecule has 7 nitrogen and oxygen atoms in total. The fourth-order valence-corrected chi connectivity index (χ4v) is 5.21. The first-order chi connectivity index (χ1) is 12.8. The summed E-state index contributed by atoms with van der Waals surface area (Å²) in [4.78, 5) is 26.1. The zero-order chi connectivity index (χ0) is 19.8. The molecule has 0 saturated heterocycles. The number of carbonyl (C=O) groups is 2. The van der Waals surface area contributed by atoms with Crippen molar-refractivity contribution in [2.75, 3.05) is 26.5 Å². The molecule has 1 heterocycles. The van der Waals surface area contributed by atoms with Crippen molar-refractivity contribution in [2.24, 2.45) is 0 Å². The van der Waals surface area contributed by atoms with Crippen molar-refractivity contribution in [3.63, 3.8) is 0 Å². The lowest BCUT2D eigenvalue weighted by Crippen LogP contribution is -2.22. The molecule has 0 atom stereocenters. The number of amides is 2. The molecule has 1 aliphatic rings. The molecule has 2 aromatic rings. The SMILES string of the molecule is CNC(=O)c1c(NC(=O)c2ccc(S(=O)(=O)N(C)C)cc2)sc2c1CCC2. The maximum Gasteiger partial charge on any atom is 0.256 e. The van der Waals surface area contributed by atoms with Gasteiger partial charge in [-0.2, -0.15) is 0 Å². The van der Waals surface area contributed by atoms with Crippen molar-refractivity contribution in [2.45, 2.75) is 24.2 Å². The predicted molar refractivity (Wildman–Crippen MR) is 105 cm³/mol. The number of thiophene rings is 1. The first-order valence-electron chi connectivity index (χ1n) is 8.46. The molecule has 0 saturated carbocycles. The Hall–Kier alpha value is -2.23. The van der Waals surface area contributed by atoms with E-state index < -0.39 is 10.0 Å². The molecule has 0 bridgehead atoms. The number of hydrogen-bond acceptors (Lipinski definition) is 5. The van der Waals surface area contributed by atoms with Crippen LogP contribution in [0.25, 0.3) is 0 Å². The summed E-state index contributed by atoms with van der Waals surface area (Å²) < 4.78 is 25.4. The molecule has 2 N–H and O–H groups in total. The molecule has 0 fully saturated rings. The number of sulfonamides is 1. The Balaban J connectivity index is 1.86. The molecule has 2 amide bonds. The summed E-state index contributed by atoms with van der Waals surface area (Å²) in [7, 11) is 0.921. The number of hydrogen-bond donors (Lipinski definition) is 2. The van der Waals surface area contributed by atoms with Crippen molar-refractivity contribution in [3.05, 3.63) is 45.8 Å². The van der Waals surface area contributed by atoms with Crippen LogP contribution in [-0.4, -0.2) is 45.7 Å². The first-order valence-corrected chi connectivity index (χ1v) is 10.7. The van der Waals surface area contributed by atoms with Crippen LogP contribution in [0.1, 0.15) is 37.6 Å². The van der Waals surface area contributed by atoms with E-state index in [1.807, 2.05) is 0 Å². The monoisotopic (exact) mass is 407 g/mol. The van der Waals surface area contributed by atoms with E-state index in [4.69, 9.17) is 0 Å². The molecule has 144 valence electrons. The van der Waals surface area contributed by atoms with Crippen molar-refractivity contribution >= 4 is 38.2 Å². The zero-order valence-electron chi connectivity index (χ0n) is 15.3. The van der Waals surface area contributed by atoms with Gasteiger partial charge in [0.25, 0.3) is 11.8 Å². The minimum absolute atomic E-state index is 0.116. The fraction of sp³-hybridized carbons (Fsp3) is 0.333. The Bertz CT molecular complexity index is 992. The standard InChI is InChI=1S/C18H21N3O4S2/c1-19-17(23)15-13-5-4-6-14(13)26-18(15)20-16(22)11-7-9-12(10-8-11)27(24,25)21(2)3/h7-10H,4-6H2,1-3H3,(H,19,23)(H,20,22). The molecule has 1 aromatic heterocycles. The Morgan fingerprint density at radius 3 is 2.33 bits per heavy atom. The number of nitrogens with zero attached hydrogens (tertiary/aromatic N) is 1. The highest BCUT2D eigenvalue weighted by atomic mass is 32.2. The van der Waals surface area contributed by atoms with Gasteiger partial charge in [0.2, 0.25) is 10.0 Å². The summed E-state index contributed by atoms with van der Waals surface area (Å²) in [5.41, 5.74) is 1.88. The third-order valence-corrected chi connectivity index (χ3v) is 7.53. The van der Waals surface area contributed by atoms with E-state index >= 15 is 0 Å². The van der Waals surface area contributed by atoms with E-state index in [1.165, 1.54) is 49.7 Å². The largest absolute Gasteiger partial charge is 0.355 e. The van der Waals surface area contributed by atoms with Crippen LogP contribution in [-0.2, 0) is 22.9 Å². The maximum atomic E-state index is 12.6. The molecular formula is C18H21N3O4S2. The van der Waals surface area contributed by atoms with E-state index in [0.29, 0.717) is 16.1 Å². The number of benzene rings is 1. The van der Waals surface area contributed by atoms with Crippen molar-refractivity contribution < 1.29 is 18.0 Å². The van der Waals surface area contributed by atoms with E-state index in [9.17, 15) is 18.0 Å². The van der Waals surface area contributed by atoms with Gasteiger partial charge in [-0.1, -0.05) is 0 Å². The van der Waals surface area contributed by atoms with Crippen LogP contribution in [0.5, 0.6) is 0 Å². The summed E-state index contributed by atoms with van der Waals surface area (Å²) in [6, 6.07) is 5.73. The van der Waals surface area contributed by atoms with Gasteiger partial charge in [0.1, 0.15) is 5.00 Å². The van der Waals surface area contributed by atoms with Gasteiger partial charge in [-0.25, -0.2) is 12.7 Å². The van der Waals surface area contributed by atoms with Crippen molar-refractivity contribution in [1.29, 1.82) is 0 Å². The van der Waals surface area contributed by atoms with Crippen LogP contribution in [0.15, 0.2) is 29.2 Å². The van der Waals surface area contributed by atoms with Crippen LogP contribution in [0.3, 0.4) is 0 Å². The van der Waals surface area contributed by atoms with E-state index in [1.54, 1.807) is 7.05 Å². The van der Waals surface area contributed by atoms with E-state index in [-0.39, 0.29) is 16.7 Å². The summed E-state index contributed by atoms with van der Waals surface area (Å²) >= 11 is 1.43. The minimum Gasteiger partial charge on any atom is -0.355 e. The van der Waals surface area contributed by atoms with Gasteiger partial charge in [-0.15, -0.1) is 11.3 Å². The summed E-state index contributed by atoms with van der Waals surface area (Å²) in [5, 5.41) is 5.98. The smallest absolute Gasteiger partial charge is 0.256 e. The molecular weight excluding hydrogens is 386 g/mol. The zero-order valence-corrected chi connectivity index (χ0v) is 17.0. The molecule has 0 unspecified atom stereocenters. The van der Waals surface area contributed by atoms with Crippen LogP contribution < -0.4 is 10.6 Å². The van der Waals surface area contributed by atoms with Gasteiger partial charge in [0, 0.05) is 31.6 Å². The molecule has 27 heavy (non-hydrogen) atoms. The first kappa shape index (κ1) is 19.5. The second-order valence-electron chi connectivity index (χ2n) is 6.41. The summed E-state index contributed by atoms with van der Waals surface area (Å²) in [6.45, 7) is 0. The van der Waals surface area contributed by atoms with Crippen molar-refractivity contribution in [3.8, 4) is 0 Å². The second-order valence-corrected chi connectivity index (χ2v) is 9.66. The highest BCUT2D eigenvalue weighted by Gasteiger charge is 2.27. The number of aryl methyl sites for hydroxylation is 1. The lowest BCUT2D eigenvalue weighted by molar-refractivity contribution is 0.0963. The number of rotatable bonds is 5. The molecule has 9 heteroatoms. The van der Waals surface area contributed by atoms with Gasteiger partial charge < -0.3 is 10.6 Å². The minimum atomic E-state index is -3.55. The molecule has 0 spiro atoms. The molecule has 3 rings (SSSR count). The molecule has 1 aliphatic carbocycles. The third kappa shape index (κ3) is 3.62. The van der Waals surface area contributed by atoms with Gasteiger partial charge in [-0.05, 0) is 49.1 Å². The van der Waals surface area contributed by atoms with Crippen LogP contribution in [0.2, 0.25) is 0 Å². The second kappa shape index (κ2) is 7.41. The lowest BCUT2D eigenvalue weighted by Gasteiger charge is -2.12. The Labute approximate surface area is 162 Å². The lowest BCUT2D eigenvalue weighted by atomic mass is 10.1. The molecule has 1 aromatic carbocycles. The van der Waals surface area contributed by atoms with Crippen molar-refractivity contribution in [1.82, 2.24) is 9.62 Å². The summed E-state index contributed by atoms with van der Waals surface area (Å²) in [6.07, 6.45) is 2.76. The Morgan fingerprint density at radius 2 is 1.74 bits per heavy atom. The summed E-state index contributed by atoms with van der Waals surface area (Å²) in [5.74, 6) is -0.592. The number of anilines is 1.